The van der Waals surface area contributed by atoms with E-state index in [1.54, 1.807) is 18.2 Å². The maximum atomic E-state index is 14.9. The summed E-state index contributed by atoms with van der Waals surface area (Å²) >= 11 is 6.31. The number of carbonyl (C=O) groups excluding carboxylic acids is 1. The van der Waals surface area contributed by atoms with E-state index in [1.807, 2.05) is 0 Å². The Kier molecular flexibility index (Phi) is 5.66. The van der Waals surface area contributed by atoms with Crippen molar-refractivity contribution in [3.05, 3.63) is 68.9 Å². The van der Waals surface area contributed by atoms with Gasteiger partial charge in [-0.2, -0.15) is 5.10 Å². The van der Waals surface area contributed by atoms with Gasteiger partial charge in [0, 0.05) is 51.4 Å². The third kappa shape index (κ3) is 3.86. The lowest BCUT2D eigenvalue weighted by atomic mass is 10.1. The number of halogens is 3. The van der Waals surface area contributed by atoms with Crippen molar-refractivity contribution in [1.82, 2.24) is 29.8 Å². The Balaban J connectivity index is 1.32. The molecule has 0 atom stereocenters. The Hall–Kier alpha value is -3.57. The lowest BCUT2D eigenvalue weighted by molar-refractivity contribution is 0.0958. The highest BCUT2D eigenvalue weighted by Crippen LogP contribution is 2.26. The molecule has 0 unspecified atom stereocenters. The fourth-order valence-corrected chi connectivity index (χ4v) is 4.48. The molecule has 1 fully saturated rings. The molecule has 4 aromatic rings. The second kappa shape index (κ2) is 8.65. The van der Waals surface area contributed by atoms with Gasteiger partial charge in [-0.1, -0.05) is 11.6 Å². The number of rotatable bonds is 4. The van der Waals surface area contributed by atoms with E-state index in [-0.39, 0.29) is 27.8 Å². The minimum Gasteiger partial charge on any atom is -0.366 e. The number of amides is 1. The van der Waals surface area contributed by atoms with Crippen LogP contribution >= 0.6 is 11.6 Å². The molecule has 0 radical (unpaired) electrons. The highest BCUT2D eigenvalue weighted by molar-refractivity contribution is 6.32. The number of carbonyl (C=O) groups is 1. The number of anilines is 1. The first kappa shape index (κ1) is 22.2. The van der Waals surface area contributed by atoms with E-state index in [0.717, 1.165) is 16.4 Å². The van der Waals surface area contributed by atoms with Gasteiger partial charge < -0.3 is 15.2 Å². The van der Waals surface area contributed by atoms with Crippen LogP contribution in [0, 0.1) is 11.6 Å². The topological polar surface area (TPSA) is 98.6 Å². The van der Waals surface area contributed by atoms with Crippen molar-refractivity contribution in [3.8, 4) is 0 Å². The van der Waals surface area contributed by atoms with E-state index < -0.39 is 17.2 Å². The molecule has 5 rings (SSSR count). The summed E-state index contributed by atoms with van der Waals surface area (Å²) in [5.41, 5.74) is 1.19. The van der Waals surface area contributed by atoms with Gasteiger partial charge in [0.15, 0.2) is 16.5 Å². The Morgan fingerprint density at radius 2 is 1.94 bits per heavy atom. The average Bonchev–Trinajstić information content (AvgIpc) is 3.22. The van der Waals surface area contributed by atoms with Crippen LogP contribution in [0.2, 0.25) is 5.15 Å². The fraction of sp³-hybridized carbons (Fsp3) is 0.273. The Morgan fingerprint density at radius 3 is 2.65 bits per heavy atom. The van der Waals surface area contributed by atoms with E-state index in [2.05, 4.69) is 30.2 Å². The summed E-state index contributed by atoms with van der Waals surface area (Å²) in [6.45, 7) is 2.90. The number of hydrogen-bond acceptors (Lipinski definition) is 6. The molecule has 9 nitrogen and oxygen atoms in total. The molecule has 0 spiro atoms. The van der Waals surface area contributed by atoms with Gasteiger partial charge in [0.05, 0.1) is 22.9 Å². The van der Waals surface area contributed by atoms with Crippen molar-refractivity contribution in [2.45, 2.75) is 6.54 Å². The monoisotopic (exact) mass is 487 g/mol. The van der Waals surface area contributed by atoms with Crippen LogP contribution < -0.4 is 15.8 Å². The smallest absolute Gasteiger partial charge is 0.277 e. The normalized spacial score (nSPS) is 14.8. The van der Waals surface area contributed by atoms with E-state index in [9.17, 15) is 18.4 Å². The zero-order chi connectivity index (χ0) is 24.0. The molecule has 4 heterocycles. The summed E-state index contributed by atoms with van der Waals surface area (Å²) in [6, 6.07) is 6.22. The molecular formula is C22H20ClF2N7O2. The molecule has 1 amide bonds. The lowest BCUT2D eigenvalue weighted by Crippen LogP contribution is -2.46. The third-order valence-corrected chi connectivity index (χ3v) is 6.25. The molecule has 3 aromatic heterocycles. The molecule has 176 valence electrons. The minimum atomic E-state index is -0.760. The van der Waals surface area contributed by atoms with E-state index in [4.69, 9.17) is 11.6 Å². The van der Waals surface area contributed by atoms with Crippen LogP contribution in [0.5, 0.6) is 0 Å². The van der Waals surface area contributed by atoms with Gasteiger partial charge in [-0.05, 0) is 18.2 Å². The number of piperazine rings is 1. The maximum Gasteiger partial charge on any atom is 0.277 e. The van der Waals surface area contributed by atoms with Gasteiger partial charge in [0.2, 0.25) is 0 Å². The van der Waals surface area contributed by atoms with Gasteiger partial charge in [0.1, 0.15) is 11.5 Å². The van der Waals surface area contributed by atoms with Crippen LogP contribution in [-0.2, 0) is 6.54 Å². The molecule has 0 bridgehead atoms. The van der Waals surface area contributed by atoms with Crippen molar-refractivity contribution in [1.29, 1.82) is 0 Å². The highest BCUT2D eigenvalue weighted by atomic mass is 35.5. The summed E-state index contributed by atoms with van der Waals surface area (Å²) < 4.78 is 29.9. The van der Waals surface area contributed by atoms with E-state index in [1.165, 1.54) is 13.1 Å². The van der Waals surface area contributed by atoms with Crippen LogP contribution in [0.25, 0.3) is 16.6 Å². The second-order valence-electron chi connectivity index (χ2n) is 8.02. The van der Waals surface area contributed by atoms with E-state index >= 15 is 0 Å². The predicted molar refractivity (Wildman–Crippen MR) is 123 cm³/mol. The lowest BCUT2D eigenvalue weighted by Gasteiger charge is -2.36. The van der Waals surface area contributed by atoms with Crippen molar-refractivity contribution >= 4 is 39.7 Å². The van der Waals surface area contributed by atoms with Crippen molar-refractivity contribution < 1.29 is 13.6 Å². The Bertz CT molecular complexity index is 1480. The van der Waals surface area contributed by atoms with Crippen LogP contribution in [0.1, 0.15) is 16.1 Å². The van der Waals surface area contributed by atoms with Gasteiger partial charge in [-0.15, -0.1) is 0 Å². The molecule has 1 saturated heterocycles. The first-order chi connectivity index (χ1) is 16.4. The highest BCUT2D eigenvalue weighted by Gasteiger charge is 2.22. The number of benzene rings is 1. The molecule has 2 N–H and O–H groups in total. The molecule has 12 heteroatoms. The standard InChI is InChI=1S/C22H20ClF2N7O2/c1-26-21(33)15-2-3-17(20(23)28-15)31-6-4-30(5-7-31)11-12-8-16-18(9-13(12)24)32-19(22(34)29-16)14(25)10-27-32/h2-3,8-10H,4-7,11H2,1H3,(H,26,33)(H,29,34). The second-order valence-corrected chi connectivity index (χ2v) is 8.37. The SMILES string of the molecule is CNC(=O)c1ccc(N2CCN(Cc3cc4[nH]c(=O)c5c(F)cnn5c4cc3F)CC2)c(Cl)n1. The number of nitrogens with one attached hydrogen (secondary N) is 2. The van der Waals surface area contributed by atoms with Gasteiger partial charge in [0.25, 0.3) is 11.5 Å². The van der Waals surface area contributed by atoms with Crippen molar-refractivity contribution in [3.63, 3.8) is 0 Å². The van der Waals surface area contributed by atoms with Crippen LogP contribution in [-0.4, -0.2) is 63.6 Å². The Morgan fingerprint density at radius 1 is 1.18 bits per heavy atom. The maximum absolute atomic E-state index is 14.9. The van der Waals surface area contributed by atoms with E-state index in [0.29, 0.717) is 43.8 Å². The number of fused-ring (bicyclic) bond motifs is 3. The number of aromatic nitrogens is 4. The molecular weight excluding hydrogens is 468 g/mol. The van der Waals surface area contributed by atoms with Gasteiger partial charge >= 0.3 is 0 Å². The number of H-pyrrole nitrogens is 1. The fourth-order valence-electron chi connectivity index (χ4n) is 4.21. The van der Waals surface area contributed by atoms with Gasteiger partial charge in [-0.25, -0.2) is 18.3 Å². The van der Waals surface area contributed by atoms with Crippen molar-refractivity contribution in [2.24, 2.45) is 0 Å². The predicted octanol–water partition coefficient (Wildman–Crippen LogP) is 2.18. The quantitative estimate of drug-likeness (QED) is 0.428. The number of nitrogens with zero attached hydrogens (tertiary/aromatic N) is 5. The average molecular weight is 488 g/mol. The van der Waals surface area contributed by atoms with Crippen molar-refractivity contribution in [2.75, 3.05) is 38.1 Å². The first-order valence-electron chi connectivity index (χ1n) is 10.6. The summed E-state index contributed by atoms with van der Waals surface area (Å²) in [4.78, 5) is 34.9. The van der Waals surface area contributed by atoms with Crippen LogP contribution in [0.15, 0.2) is 35.3 Å². The summed E-state index contributed by atoms with van der Waals surface area (Å²) in [5, 5.41) is 6.62. The molecule has 1 aromatic carbocycles. The number of hydrogen-bond donors (Lipinski definition) is 2. The first-order valence-corrected chi connectivity index (χ1v) is 11.0. The van der Waals surface area contributed by atoms with Gasteiger partial charge in [-0.3, -0.25) is 14.5 Å². The van der Waals surface area contributed by atoms with Crippen LogP contribution in [0.3, 0.4) is 0 Å². The molecule has 34 heavy (non-hydrogen) atoms. The third-order valence-electron chi connectivity index (χ3n) is 5.98. The minimum absolute atomic E-state index is 0.243. The van der Waals surface area contributed by atoms with Crippen LogP contribution in [0.4, 0.5) is 14.5 Å². The summed E-state index contributed by atoms with van der Waals surface area (Å²) in [6.07, 6.45) is 0.934. The molecule has 0 saturated carbocycles. The Labute approximate surface area is 196 Å². The molecule has 1 aliphatic rings. The molecule has 0 aliphatic carbocycles. The largest absolute Gasteiger partial charge is 0.366 e. The zero-order valence-electron chi connectivity index (χ0n) is 18.1. The number of pyridine rings is 1. The summed E-state index contributed by atoms with van der Waals surface area (Å²) in [5.74, 6) is -1.53. The zero-order valence-corrected chi connectivity index (χ0v) is 18.9. The molecule has 1 aliphatic heterocycles. The number of aromatic amines is 1. The summed E-state index contributed by atoms with van der Waals surface area (Å²) in [7, 11) is 1.53.